The smallest absolute Gasteiger partial charge is 0.393 e. The van der Waals surface area contributed by atoms with Gasteiger partial charge in [0.25, 0.3) is 5.91 Å². The lowest BCUT2D eigenvalue weighted by Gasteiger charge is -2.15. The van der Waals surface area contributed by atoms with E-state index in [1.807, 2.05) is 0 Å². The van der Waals surface area contributed by atoms with Gasteiger partial charge in [-0.15, -0.1) is 0 Å². The molecule has 2 atom stereocenters. The van der Waals surface area contributed by atoms with Crippen LogP contribution < -0.4 is 5.32 Å². The predicted molar refractivity (Wildman–Crippen MR) is 70.7 cm³/mol. The Morgan fingerprint density at radius 1 is 1.48 bits per heavy atom. The van der Waals surface area contributed by atoms with E-state index in [0.29, 0.717) is 6.42 Å². The summed E-state index contributed by atoms with van der Waals surface area (Å²) in [6, 6.07) is 0. The molecule has 0 aliphatic heterocycles. The van der Waals surface area contributed by atoms with Gasteiger partial charge in [0.1, 0.15) is 0 Å². The van der Waals surface area contributed by atoms with E-state index < -0.39 is 29.4 Å². The van der Waals surface area contributed by atoms with Crippen LogP contribution in [0.5, 0.6) is 0 Å². The van der Waals surface area contributed by atoms with E-state index in [1.54, 1.807) is 13.8 Å². The van der Waals surface area contributed by atoms with Crippen LogP contribution in [0.15, 0.2) is 6.20 Å². The fourth-order valence-electron chi connectivity index (χ4n) is 2.12. The normalized spacial score (nSPS) is 14.8. The lowest BCUT2D eigenvalue weighted by molar-refractivity contribution is -0.144. The molecule has 2 unspecified atom stereocenters. The van der Waals surface area contributed by atoms with Crippen LogP contribution in [-0.4, -0.2) is 33.4 Å². The Morgan fingerprint density at radius 2 is 2.10 bits per heavy atom. The maximum absolute atomic E-state index is 13.0. The molecule has 2 N–H and O–H groups in total. The third-order valence-corrected chi connectivity index (χ3v) is 3.01. The summed E-state index contributed by atoms with van der Waals surface area (Å²) < 4.78 is 39.7. The number of hydrogen-bond acceptors (Lipinski definition) is 3. The van der Waals surface area contributed by atoms with Crippen molar-refractivity contribution in [3.8, 4) is 0 Å². The molecule has 1 aromatic heterocycles. The molecule has 8 heteroatoms. The van der Waals surface area contributed by atoms with Crippen LogP contribution >= 0.6 is 0 Å². The number of halogens is 3. The molecule has 0 saturated heterocycles. The van der Waals surface area contributed by atoms with Gasteiger partial charge in [-0.05, 0) is 26.2 Å². The zero-order valence-electron chi connectivity index (χ0n) is 12.2. The number of aliphatic hydroxyl groups excluding tert-OH is 1. The standard InChI is InChI=1S/C13H20F3N3O2/c1-4-19-11(13(14,15)16)10(7-18-19)12(21)17-6-8(2)5-9(3)20/h7-9,20H,4-6H2,1-3H3,(H,17,21). The lowest BCUT2D eigenvalue weighted by atomic mass is 10.0. The Kier molecular flexibility index (Phi) is 5.77. The number of hydrogen-bond donors (Lipinski definition) is 2. The third kappa shape index (κ3) is 4.73. The van der Waals surface area contributed by atoms with Crippen molar-refractivity contribution >= 4 is 5.91 Å². The van der Waals surface area contributed by atoms with Crippen molar-refractivity contribution in [2.75, 3.05) is 6.54 Å². The number of alkyl halides is 3. The maximum Gasteiger partial charge on any atom is 0.433 e. The molecule has 0 fully saturated rings. The molecule has 0 radical (unpaired) electrons. The van der Waals surface area contributed by atoms with Crippen molar-refractivity contribution < 1.29 is 23.1 Å². The minimum absolute atomic E-state index is 0.0283. The first kappa shape index (κ1) is 17.5. The van der Waals surface area contributed by atoms with Gasteiger partial charge in [-0.25, -0.2) is 0 Å². The lowest BCUT2D eigenvalue weighted by Crippen LogP contribution is -2.31. The van der Waals surface area contributed by atoms with Crippen LogP contribution in [0, 0.1) is 5.92 Å². The summed E-state index contributed by atoms with van der Waals surface area (Å²) in [6.45, 7) is 5.16. The molecule has 1 rings (SSSR count). The highest BCUT2D eigenvalue weighted by atomic mass is 19.4. The van der Waals surface area contributed by atoms with E-state index >= 15 is 0 Å². The zero-order chi connectivity index (χ0) is 16.2. The summed E-state index contributed by atoms with van der Waals surface area (Å²) in [4.78, 5) is 11.9. The summed E-state index contributed by atoms with van der Waals surface area (Å²) in [7, 11) is 0. The van der Waals surface area contributed by atoms with Gasteiger partial charge in [0.15, 0.2) is 5.69 Å². The number of aryl methyl sites for hydroxylation is 1. The van der Waals surface area contributed by atoms with Gasteiger partial charge in [-0.3, -0.25) is 9.48 Å². The van der Waals surface area contributed by atoms with Crippen LogP contribution in [0.2, 0.25) is 0 Å². The molecule has 1 heterocycles. The third-order valence-electron chi connectivity index (χ3n) is 3.01. The van der Waals surface area contributed by atoms with Crippen molar-refractivity contribution in [1.29, 1.82) is 0 Å². The molecule has 0 aromatic carbocycles. The van der Waals surface area contributed by atoms with Gasteiger partial charge in [-0.2, -0.15) is 18.3 Å². The monoisotopic (exact) mass is 307 g/mol. The first-order chi connectivity index (χ1) is 9.66. The van der Waals surface area contributed by atoms with Gasteiger partial charge in [-0.1, -0.05) is 6.92 Å². The molecular weight excluding hydrogens is 287 g/mol. The van der Waals surface area contributed by atoms with Crippen LogP contribution in [0.4, 0.5) is 13.2 Å². The van der Waals surface area contributed by atoms with Gasteiger partial charge >= 0.3 is 6.18 Å². The quantitative estimate of drug-likeness (QED) is 0.845. The van der Waals surface area contributed by atoms with Crippen molar-refractivity contribution in [1.82, 2.24) is 15.1 Å². The van der Waals surface area contributed by atoms with Gasteiger partial charge in [0, 0.05) is 13.1 Å². The first-order valence-corrected chi connectivity index (χ1v) is 6.76. The van der Waals surface area contributed by atoms with Crippen LogP contribution in [0.3, 0.4) is 0 Å². The number of aliphatic hydroxyl groups is 1. The van der Waals surface area contributed by atoms with Crippen molar-refractivity contribution in [3.63, 3.8) is 0 Å². The topological polar surface area (TPSA) is 67.2 Å². The van der Waals surface area contributed by atoms with Gasteiger partial charge in [0.2, 0.25) is 0 Å². The molecule has 0 saturated carbocycles. The second-order valence-corrected chi connectivity index (χ2v) is 5.12. The fourth-order valence-corrected chi connectivity index (χ4v) is 2.12. The van der Waals surface area contributed by atoms with Crippen molar-refractivity contribution in [2.24, 2.45) is 5.92 Å². The molecule has 0 aliphatic rings. The maximum atomic E-state index is 13.0. The number of aromatic nitrogens is 2. The zero-order valence-corrected chi connectivity index (χ0v) is 12.2. The van der Waals surface area contributed by atoms with Gasteiger partial charge < -0.3 is 10.4 Å². The molecule has 1 amide bonds. The SMILES string of the molecule is CCn1ncc(C(=O)NCC(C)CC(C)O)c1C(F)(F)F. The van der Waals surface area contributed by atoms with Crippen LogP contribution in [0.1, 0.15) is 43.2 Å². The number of rotatable bonds is 6. The van der Waals surface area contributed by atoms with E-state index in [-0.39, 0.29) is 19.0 Å². The molecule has 0 aliphatic carbocycles. The van der Waals surface area contributed by atoms with Crippen molar-refractivity contribution in [3.05, 3.63) is 17.5 Å². The molecule has 5 nitrogen and oxygen atoms in total. The van der Waals surface area contributed by atoms with Crippen LogP contribution in [-0.2, 0) is 12.7 Å². The number of amides is 1. The van der Waals surface area contributed by atoms with E-state index in [1.165, 1.54) is 6.92 Å². The fraction of sp³-hybridized carbons (Fsp3) is 0.692. The minimum Gasteiger partial charge on any atom is -0.393 e. The van der Waals surface area contributed by atoms with Crippen molar-refractivity contribution in [2.45, 2.75) is 46.0 Å². The molecule has 0 spiro atoms. The number of nitrogens with one attached hydrogen (secondary N) is 1. The Morgan fingerprint density at radius 3 is 2.57 bits per heavy atom. The number of nitrogens with zero attached hydrogens (tertiary/aromatic N) is 2. The number of carbonyl (C=O) groups is 1. The second kappa shape index (κ2) is 6.93. The Hall–Kier alpha value is -1.57. The average molecular weight is 307 g/mol. The molecular formula is C13H20F3N3O2. The minimum atomic E-state index is -4.63. The second-order valence-electron chi connectivity index (χ2n) is 5.12. The summed E-state index contributed by atoms with van der Waals surface area (Å²) in [5.41, 5.74) is -1.51. The number of carbonyl (C=O) groups excluding carboxylic acids is 1. The molecule has 21 heavy (non-hydrogen) atoms. The van der Waals surface area contributed by atoms with Crippen LogP contribution in [0.25, 0.3) is 0 Å². The van der Waals surface area contributed by atoms with E-state index in [0.717, 1.165) is 10.9 Å². The summed E-state index contributed by atoms with van der Waals surface area (Å²) >= 11 is 0. The summed E-state index contributed by atoms with van der Waals surface area (Å²) in [5, 5.41) is 15.3. The molecule has 0 bridgehead atoms. The highest BCUT2D eigenvalue weighted by Gasteiger charge is 2.39. The Labute approximate surface area is 121 Å². The average Bonchev–Trinajstić information content (AvgIpc) is 2.78. The highest BCUT2D eigenvalue weighted by molar-refractivity contribution is 5.95. The summed E-state index contributed by atoms with van der Waals surface area (Å²) in [6.07, 6.45) is -3.77. The van der Waals surface area contributed by atoms with E-state index in [2.05, 4.69) is 10.4 Å². The summed E-state index contributed by atoms with van der Waals surface area (Å²) in [5.74, 6) is -0.844. The van der Waals surface area contributed by atoms with E-state index in [4.69, 9.17) is 0 Å². The molecule has 120 valence electrons. The Balaban J connectivity index is 2.82. The van der Waals surface area contributed by atoms with Gasteiger partial charge in [0.05, 0.1) is 17.9 Å². The Bertz CT molecular complexity index is 483. The highest BCUT2D eigenvalue weighted by Crippen LogP contribution is 2.31. The first-order valence-electron chi connectivity index (χ1n) is 6.76. The predicted octanol–water partition coefficient (Wildman–Crippen LogP) is 2.06. The molecule has 1 aromatic rings. The van der Waals surface area contributed by atoms with E-state index in [9.17, 15) is 23.1 Å². The largest absolute Gasteiger partial charge is 0.433 e.